The molecule has 4 aliphatic rings. The first-order chi connectivity index (χ1) is 38.3. The highest BCUT2D eigenvalue weighted by atomic mass is 16.6. The van der Waals surface area contributed by atoms with Crippen LogP contribution in [0.4, 0.5) is 21.9 Å². The second-order valence-corrected chi connectivity index (χ2v) is 19.7. The predicted molar refractivity (Wildman–Crippen MR) is 287 cm³/mol. The van der Waals surface area contributed by atoms with Gasteiger partial charge in [-0.15, -0.1) is 0 Å². The molecule has 1 spiro atoms. The number of aliphatic hydroxyl groups excluding tert-OH is 1. The standard InChI is InChI=1S/C60H61N5O14/c1-36(2)48(56(70)76-5)62-59(73)64-45-28-23-37(15-14-21-43(54(68)74-3)55(69)75-4)35-44(45)60(58(64)72)47(53(67)61-40-24-26-41(27-25-40)63-29-32-77-33-30-63)50-57(71)79-51(39-18-10-7-11-19-39)49(38-16-8-6-9-17-38)65(50)52(60)42-20-12-13-22-46(42)78-34-31-66/h6-13,16-20,22-28,35-36,43,47-52,66H,21,29-34H2,1-5H3,(H,61,67)(H,62,73)/t47-,48-,49-,50-,51+,52+,60-/m0/s1. The van der Waals surface area contributed by atoms with Crippen molar-refractivity contribution < 1.29 is 67.1 Å². The normalized spacial score (nSPS) is 21.7. The van der Waals surface area contributed by atoms with Crippen molar-refractivity contribution in [2.24, 2.45) is 17.8 Å². The van der Waals surface area contributed by atoms with Crippen molar-refractivity contribution in [1.82, 2.24) is 10.2 Å². The quantitative estimate of drug-likeness (QED) is 0.0486. The van der Waals surface area contributed by atoms with Gasteiger partial charge in [-0.2, -0.15) is 0 Å². The highest BCUT2D eigenvalue weighted by molar-refractivity contribution is 6.25. The maximum absolute atomic E-state index is 16.9. The van der Waals surface area contributed by atoms with Crippen LogP contribution in [-0.2, 0) is 57.9 Å². The lowest BCUT2D eigenvalue weighted by Gasteiger charge is -2.46. The zero-order valence-electron chi connectivity index (χ0n) is 44.3. The monoisotopic (exact) mass is 1080 g/mol. The average Bonchev–Trinajstić information content (AvgIpc) is 3.86. The minimum Gasteiger partial charge on any atom is -0.491 e. The van der Waals surface area contributed by atoms with Gasteiger partial charge in [0, 0.05) is 42.0 Å². The van der Waals surface area contributed by atoms with Gasteiger partial charge in [0.05, 0.1) is 64.8 Å². The number of morpholine rings is 2. The molecule has 4 heterocycles. The number of benzene rings is 5. The maximum Gasteiger partial charge on any atom is 0.329 e. The number of hydrogen-bond donors (Lipinski definition) is 3. The van der Waals surface area contributed by atoms with Crippen molar-refractivity contribution in [2.45, 2.75) is 56.0 Å². The summed E-state index contributed by atoms with van der Waals surface area (Å²) in [5.74, 6) is -2.74. The maximum atomic E-state index is 16.9. The van der Waals surface area contributed by atoms with Crippen molar-refractivity contribution in [3.63, 3.8) is 0 Å². The Labute approximate surface area is 457 Å². The number of rotatable bonds is 15. The van der Waals surface area contributed by atoms with E-state index in [9.17, 15) is 19.5 Å². The van der Waals surface area contributed by atoms with Crippen LogP contribution in [0.25, 0.3) is 0 Å². The zero-order valence-corrected chi connectivity index (χ0v) is 44.3. The molecular formula is C60H61N5O14. The van der Waals surface area contributed by atoms with Crippen LogP contribution in [0.5, 0.6) is 5.75 Å². The van der Waals surface area contributed by atoms with E-state index < -0.39 is 102 Å². The number of ether oxygens (including phenoxy) is 6. The minimum atomic E-state index is -2.32. The predicted octanol–water partition coefficient (Wildman–Crippen LogP) is 5.81. The van der Waals surface area contributed by atoms with Gasteiger partial charge in [0.15, 0.2) is 5.92 Å². The van der Waals surface area contributed by atoms with Crippen LogP contribution in [0.15, 0.2) is 127 Å². The molecule has 4 aliphatic heterocycles. The summed E-state index contributed by atoms with van der Waals surface area (Å²) in [5.41, 5.74) is 0.715. The lowest BCUT2D eigenvalue weighted by Crippen LogP contribution is -2.57. The number of methoxy groups -OCH3 is 3. The Morgan fingerprint density at radius 2 is 1.41 bits per heavy atom. The number of imide groups is 1. The summed E-state index contributed by atoms with van der Waals surface area (Å²) >= 11 is 0. The van der Waals surface area contributed by atoms with Crippen molar-refractivity contribution in [3.8, 4) is 17.6 Å². The number of hydrogen-bond acceptors (Lipinski definition) is 16. The number of carbonyl (C=O) groups excluding carboxylic acids is 7. The summed E-state index contributed by atoms with van der Waals surface area (Å²) < 4.78 is 33.4. The van der Waals surface area contributed by atoms with E-state index >= 15 is 19.2 Å². The first kappa shape index (κ1) is 55.2. The van der Waals surface area contributed by atoms with Crippen LogP contribution in [0, 0.1) is 29.6 Å². The van der Waals surface area contributed by atoms with Crippen molar-refractivity contribution in [1.29, 1.82) is 0 Å². The van der Waals surface area contributed by atoms with E-state index in [4.69, 9.17) is 28.4 Å². The third-order valence-electron chi connectivity index (χ3n) is 14.9. The fourth-order valence-electron chi connectivity index (χ4n) is 11.4. The van der Waals surface area contributed by atoms with Gasteiger partial charge in [-0.05, 0) is 71.1 Å². The fourth-order valence-corrected chi connectivity index (χ4v) is 11.4. The molecule has 19 heteroatoms. The molecule has 3 fully saturated rings. The summed E-state index contributed by atoms with van der Waals surface area (Å²) in [6.45, 7) is 5.19. The number of cyclic esters (lactones) is 1. The molecule has 0 unspecified atom stereocenters. The highest BCUT2D eigenvalue weighted by Gasteiger charge is 2.76. The molecule has 19 nitrogen and oxygen atoms in total. The molecule has 0 bridgehead atoms. The van der Waals surface area contributed by atoms with Crippen molar-refractivity contribution in [2.75, 3.05) is 76.0 Å². The Morgan fingerprint density at radius 1 is 0.772 bits per heavy atom. The highest BCUT2D eigenvalue weighted by Crippen LogP contribution is 2.66. The van der Waals surface area contributed by atoms with Gasteiger partial charge in [-0.25, -0.2) is 14.5 Å². The van der Waals surface area contributed by atoms with E-state index in [1.807, 2.05) is 77.7 Å². The second kappa shape index (κ2) is 24.0. The molecule has 0 radical (unpaired) electrons. The van der Waals surface area contributed by atoms with E-state index in [-0.39, 0.29) is 35.6 Å². The number of anilines is 3. The number of carbonyl (C=O) groups is 7. The number of aliphatic hydroxyl groups is 1. The molecule has 7 atom stereocenters. The van der Waals surface area contributed by atoms with Crippen molar-refractivity contribution in [3.05, 3.63) is 155 Å². The van der Waals surface area contributed by atoms with Crippen LogP contribution < -0.4 is 25.2 Å². The first-order valence-corrected chi connectivity index (χ1v) is 25.9. The topological polar surface area (TPSA) is 229 Å². The number of fused-ring (bicyclic) bond motifs is 3. The van der Waals surface area contributed by atoms with Crippen molar-refractivity contribution >= 4 is 58.8 Å². The van der Waals surface area contributed by atoms with Gasteiger partial charge in [0.25, 0.3) is 0 Å². The molecule has 79 heavy (non-hydrogen) atoms. The van der Waals surface area contributed by atoms with Crippen LogP contribution >= 0.6 is 0 Å². The van der Waals surface area contributed by atoms with Gasteiger partial charge in [0.1, 0.15) is 36.0 Å². The van der Waals surface area contributed by atoms with Gasteiger partial charge in [0.2, 0.25) is 11.8 Å². The summed E-state index contributed by atoms with van der Waals surface area (Å²) in [7, 11) is 3.44. The number of esters is 4. The number of para-hydroxylation sites is 1. The minimum absolute atomic E-state index is 0.0158. The molecule has 9 rings (SSSR count). The fraction of sp³-hybridized carbons (Fsp3) is 0.350. The van der Waals surface area contributed by atoms with E-state index in [1.54, 1.807) is 56.3 Å². The Hall–Kier alpha value is -8.57. The van der Waals surface area contributed by atoms with Gasteiger partial charge < -0.3 is 49.1 Å². The first-order valence-electron chi connectivity index (χ1n) is 25.9. The van der Waals surface area contributed by atoms with Crippen LogP contribution in [0.2, 0.25) is 0 Å². The number of urea groups is 1. The molecule has 0 aromatic heterocycles. The van der Waals surface area contributed by atoms with Gasteiger partial charge in [-0.1, -0.05) is 105 Å². The molecule has 5 aromatic carbocycles. The summed E-state index contributed by atoms with van der Waals surface area (Å²) in [6.07, 6.45) is -1.39. The number of nitrogens with zero attached hydrogens (tertiary/aromatic N) is 3. The Bertz CT molecular complexity index is 3140. The van der Waals surface area contributed by atoms with E-state index in [0.29, 0.717) is 48.7 Å². The van der Waals surface area contributed by atoms with E-state index in [0.717, 1.165) is 24.8 Å². The molecule has 0 aliphatic carbocycles. The molecule has 0 saturated carbocycles. The summed E-state index contributed by atoms with van der Waals surface area (Å²) in [5, 5.41) is 16.0. The van der Waals surface area contributed by atoms with Gasteiger partial charge >= 0.3 is 29.9 Å². The molecular weight excluding hydrogens is 1010 g/mol. The molecule has 3 saturated heterocycles. The lowest BCUT2D eigenvalue weighted by molar-refractivity contribution is -0.178. The average molecular weight is 1080 g/mol. The van der Waals surface area contributed by atoms with Gasteiger partial charge in [-0.3, -0.25) is 28.9 Å². The van der Waals surface area contributed by atoms with Crippen LogP contribution in [0.3, 0.4) is 0 Å². The van der Waals surface area contributed by atoms with E-state index in [2.05, 4.69) is 27.4 Å². The smallest absolute Gasteiger partial charge is 0.329 e. The molecule has 3 N–H and O–H groups in total. The molecule has 410 valence electrons. The summed E-state index contributed by atoms with van der Waals surface area (Å²) in [4.78, 5) is 108. The van der Waals surface area contributed by atoms with Crippen LogP contribution in [-0.4, -0.2) is 125 Å². The molecule has 5 aromatic rings. The Kier molecular flexibility index (Phi) is 16.8. The Balaban J connectivity index is 1.34. The van der Waals surface area contributed by atoms with Crippen LogP contribution in [0.1, 0.15) is 66.3 Å². The zero-order chi connectivity index (χ0) is 56.0. The second-order valence-electron chi connectivity index (χ2n) is 19.7. The number of nitrogens with one attached hydrogen (secondary N) is 2. The SMILES string of the molecule is COC(=O)C(CC#Cc1ccc2c(c1)[C@]1(C(=O)N2C(=O)N[C@H](C(=O)OC)C(C)C)[C@H](C(=O)Nc2ccc(N3CCOCC3)cc2)[C@H]2C(=O)O[C@H](c3ccccc3)[C@H](c3ccccc3)N2[C@@H]1c1ccccc1OCCO)C(=O)OC. The number of amides is 4. The summed E-state index contributed by atoms with van der Waals surface area (Å²) in [6, 6.07) is 30.6. The molecule has 4 amide bonds. The lowest BCUT2D eigenvalue weighted by atomic mass is 9.65. The Morgan fingerprint density at radius 3 is 2.04 bits per heavy atom. The third-order valence-corrected chi connectivity index (χ3v) is 14.9. The van der Waals surface area contributed by atoms with E-state index in [1.165, 1.54) is 19.2 Å². The third kappa shape index (κ3) is 10.5. The largest absolute Gasteiger partial charge is 0.491 e.